The molecule has 0 bridgehead atoms. The summed E-state index contributed by atoms with van der Waals surface area (Å²) in [6, 6.07) is 8.29. The number of aromatic nitrogens is 3. The second-order valence-electron chi connectivity index (χ2n) is 6.00. The van der Waals surface area contributed by atoms with E-state index in [9.17, 15) is 14.4 Å². The third-order valence-electron chi connectivity index (χ3n) is 4.04. The van der Waals surface area contributed by atoms with Crippen molar-refractivity contribution in [1.29, 1.82) is 0 Å². The molecule has 3 N–H and O–H groups in total. The van der Waals surface area contributed by atoms with Gasteiger partial charge in [0.25, 0.3) is 11.1 Å². The van der Waals surface area contributed by atoms with Crippen LogP contribution in [0.15, 0.2) is 52.3 Å². The summed E-state index contributed by atoms with van der Waals surface area (Å²) in [5.74, 6) is -0.526. The standard InChI is InChI=1S/C19H18N4O3/c1-22-8-7-13(11-22)10-16-18(25)21-15(19(26)23(16)2)9-12-3-5-14(6-4-12)17(20)24/h3-11H,1-2H3,(H2,20,24)(H,21,25). The topological polar surface area (TPSA) is 103 Å². The maximum Gasteiger partial charge on any atom is 0.274 e. The van der Waals surface area contributed by atoms with Gasteiger partial charge in [-0.25, -0.2) is 0 Å². The molecule has 0 unspecified atom stereocenters. The number of primary amides is 1. The molecule has 0 fully saturated rings. The van der Waals surface area contributed by atoms with Crippen LogP contribution >= 0.6 is 0 Å². The highest BCUT2D eigenvalue weighted by molar-refractivity contribution is 5.92. The van der Waals surface area contributed by atoms with Crippen molar-refractivity contribution in [1.82, 2.24) is 14.1 Å². The van der Waals surface area contributed by atoms with E-state index in [1.54, 1.807) is 43.5 Å². The van der Waals surface area contributed by atoms with Gasteiger partial charge in [0.2, 0.25) is 5.91 Å². The van der Waals surface area contributed by atoms with E-state index >= 15 is 0 Å². The first kappa shape index (κ1) is 17.2. The van der Waals surface area contributed by atoms with Gasteiger partial charge in [-0.2, -0.15) is 0 Å². The van der Waals surface area contributed by atoms with E-state index in [2.05, 4.69) is 4.98 Å². The summed E-state index contributed by atoms with van der Waals surface area (Å²) < 4.78 is 3.17. The summed E-state index contributed by atoms with van der Waals surface area (Å²) in [6.07, 6.45) is 6.92. The Labute approximate surface area is 148 Å². The van der Waals surface area contributed by atoms with E-state index < -0.39 is 5.91 Å². The van der Waals surface area contributed by atoms with Crippen LogP contribution in [-0.4, -0.2) is 20.0 Å². The number of nitrogens with one attached hydrogen (secondary N) is 1. The molecule has 3 aromatic rings. The lowest BCUT2D eigenvalue weighted by Crippen LogP contribution is -2.52. The van der Waals surface area contributed by atoms with E-state index in [0.717, 1.165) is 5.56 Å². The molecule has 3 rings (SSSR count). The molecule has 0 radical (unpaired) electrons. The molecule has 0 aliphatic heterocycles. The number of carbonyl (C=O) groups excluding carboxylic acids is 1. The van der Waals surface area contributed by atoms with Gasteiger partial charge in [0.1, 0.15) is 10.7 Å². The number of rotatable bonds is 3. The predicted octanol–water partition coefficient (Wildman–Crippen LogP) is -0.831. The number of aromatic amines is 1. The van der Waals surface area contributed by atoms with E-state index in [1.807, 2.05) is 30.1 Å². The van der Waals surface area contributed by atoms with Gasteiger partial charge >= 0.3 is 0 Å². The molecule has 132 valence electrons. The Morgan fingerprint density at radius 3 is 2.31 bits per heavy atom. The minimum absolute atomic E-state index is 0.162. The van der Waals surface area contributed by atoms with Crippen LogP contribution in [0, 0.1) is 0 Å². The molecule has 1 aromatic carbocycles. The van der Waals surface area contributed by atoms with Gasteiger partial charge < -0.3 is 19.9 Å². The SMILES string of the molecule is Cn1ccc(C=c2c(=O)[nH]c(=Cc3ccc(C(N)=O)cc3)c(=O)n2C)c1. The van der Waals surface area contributed by atoms with Crippen LogP contribution in [0.5, 0.6) is 0 Å². The summed E-state index contributed by atoms with van der Waals surface area (Å²) in [5.41, 5.74) is 6.38. The molecule has 0 spiro atoms. The summed E-state index contributed by atoms with van der Waals surface area (Å²) in [6.45, 7) is 0. The van der Waals surface area contributed by atoms with Crippen molar-refractivity contribution in [3.05, 3.63) is 90.8 Å². The number of nitrogens with two attached hydrogens (primary N) is 1. The van der Waals surface area contributed by atoms with Crippen molar-refractivity contribution >= 4 is 18.1 Å². The number of hydrogen-bond donors (Lipinski definition) is 2. The van der Waals surface area contributed by atoms with Crippen LogP contribution in [0.3, 0.4) is 0 Å². The molecular weight excluding hydrogens is 332 g/mol. The summed E-state index contributed by atoms with van der Waals surface area (Å²) in [5, 5.41) is 0.428. The fraction of sp³-hybridized carbons (Fsp3) is 0.105. The Balaban J connectivity index is 2.13. The third kappa shape index (κ3) is 3.41. The van der Waals surface area contributed by atoms with Gasteiger partial charge in [-0.3, -0.25) is 14.4 Å². The number of benzene rings is 1. The average Bonchev–Trinajstić information content (AvgIpc) is 3.02. The van der Waals surface area contributed by atoms with Crippen molar-refractivity contribution in [2.45, 2.75) is 0 Å². The van der Waals surface area contributed by atoms with Gasteiger partial charge in [0.05, 0.1) is 0 Å². The molecule has 1 amide bonds. The van der Waals surface area contributed by atoms with E-state index in [1.165, 1.54) is 4.57 Å². The molecule has 0 saturated carbocycles. The summed E-state index contributed by atoms with van der Waals surface area (Å²) in [7, 11) is 3.43. The highest BCUT2D eigenvalue weighted by atomic mass is 16.1. The molecule has 0 atom stereocenters. The Kier molecular flexibility index (Phi) is 4.45. The maximum absolute atomic E-state index is 12.6. The first-order chi connectivity index (χ1) is 12.3. The molecule has 2 aromatic heterocycles. The monoisotopic (exact) mass is 350 g/mol. The molecule has 7 nitrogen and oxygen atoms in total. The number of nitrogens with zero attached hydrogens (tertiary/aromatic N) is 2. The number of carbonyl (C=O) groups is 1. The zero-order valence-electron chi connectivity index (χ0n) is 14.4. The average molecular weight is 350 g/mol. The van der Waals surface area contributed by atoms with Crippen molar-refractivity contribution < 1.29 is 4.79 Å². The van der Waals surface area contributed by atoms with Crippen LogP contribution in [0.1, 0.15) is 21.5 Å². The van der Waals surface area contributed by atoms with Gasteiger partial charge in [-0.15, -0.1) is 0 Å². The quantitative estimate of drug-likeness (QED) is 0.644. The lowest BCUT2D eigenvalue weighted by molar-refractivity contribution is 0.100. The molecule has 2 heterocycles. The first-order valence-corrected chi connectivity index (χ1v) is 7.90. The normalized spacial score (nSPS) is 12.5. The lowest BCUT2D eigenvalue weighted by Gasteiger charge is -2.00. The Morgan fingerprint density at radius 1 is 1.04 bits per heavy atom. The van der Waals surface area contributed by atoms with E-state index in [4.69, 9.17) is 5.73 Å². The molecule has 0 aliphatic rings. The summed E-state index contributed by atoms with van der Waals surface area (Å²) >= 11 is 0. The van der Waals surface area contributed by atoms with Gasteiger partial charge in [0, 0.05) is 32.1 Å². The minimum atomic E-state index is -0.526. The number of H-pyrrole nitrogens is 1. The van der Waals surface area contributed by atoms with Gasteiger partial charge in [-0.05, 0) is 41.5 Å². The number of amides is 1. The third-order valence-corrected chi connectivity index (χ3v) is 4.04. The van der Waals surface area contributed by atoms with Gasteiger partial charge in [-0.1, -0.05) is 12.1 Å². The zero-order chi connectivity index (χ0) is 18.8. The highest BCUT2D eigenvalue weighted by Crippen LogP contribution is 2.03. The Bertz CT molecular complexity index is 1210. The maximum atomic E-state index is 12.6. The zero-order valence-corrected chi connectivity index (χ0v) is 14.4. The molecule has 0 saturated heterocycles. The molecule has 0 aliphatic carbocycles. The highest BCUT2D eigenvalue weighted by Gasteiger charge is 2.03. The number of aryl methyl sites for hydroxylation is 1. The molecule has 7 heteroatoms. The Hall–Kier alpha value is -3.61. The predicted molar refractivity (Wildman–Crippen MR) is 99.1 cm³/mol. The van der Waals surface area contributed by atoms with Crippen molar-refractivity contribution in [2.75, 3.05) is 0 Å². The molecule has 26 heavy (non-hydrogen) atoms. The second-order valence-corrected chi connectivity index (χ2v) is 6.00. The van der Waals surface area contributed by atoms with Crippen molar-refractivity contribution in [3.63, 3.8) is 0 Å². The second kappa shape index (κ2) is 6.72. The van der Waals surface area contributed by atoms with Crippen LogP contribution in [0.2, 0.25) is 0 Å². The molecular formula is C19H18N4O3. The fourth-order valence-electron chi connectivity index (χ4n) is 2.62. The van der Waals surface area contributed by atoms with Crippen LogP contribution in [-0.2, 0) is 14.1 Å². The number of hydrogen-bond acceptors (Lipinski definition) is 3. The summed E-state index contributed by atoms with van der Waals surface area (Å²) in [4.78, 5) is 38.7. The van der Waals surface area contributed by atoms with Gasteiger partial charge in [0.15, 0.2) is 0 Å². The minimum Gasteiger partial charge on any atom is -0.366 e. The van der Waals surface area contributed by atoms with Crippen LogP contribution in [0.4, 0.5) is 0 Å². The van der Waals surface area contributed by atoms with E-state index in [-0.39, 0.29) is 21.8 Å². The Morgan fingerprint density at radius 2 is 1.73 bits per heavy atom. The van der Waals surface area contributed by atoms with Crippen molar-refractivity contribution in [2.24, 2.45) is 19.8 Å². The van der Waals surface area contributed by atoms with Crippen LogP contribution < -0.4 is 27.6 Å². The van der Waals surface area contributed by atoms with Crippen LogP contribution in [0.25, 0.3) is 12.2 Å². The lowest BCUT2D eigenvalue weighted by atomic mass is 10.1. The van der Waals surface area contributed by atoms with Crippen molar-refractivity contribution in [3.8, 4) is 0 Å². The fourth-order valence-corrected chi connectivity index (χ4v) is 2.62. The smallest absolute Gasteiger partial charge is 0.274 e. The van der Waals surface area contributed by atoms with E-state index in [0.29, 0.717) is 11.1 Å². The first-order valence-electron chi connectivity index (χ1n) is 7.90. The largest absolute Gasteiger partial charge is 0.366 e.